The van der Waals surface area contributed by atoms with E-state index in [1.165, 1.54) is 0 Å². The maximum Gasteiger partial charge on any atom is 0.308 e. The van der Waals surface area contributed by atoms with Gasteiger partial charge in [-0.3, -0.25) is 9.59 Å². The first-order chi connectivity index (χ1) is 7.56. The minimum atomic E-state index is -0.824. The molecule has 0 aromatic rings. The van der Waals surface area contributed by atoms with Crippen LogP contribution in [-0.4, -0.2) is 29.1 Å². The lowest BCUT2D eigenvalue weighted by Gasteiger charge is -2.30. The van der Waals surface area contributed by atoms with Crippen LogP contribution < -0.4 is 11.1 Å². The van der Waals surface area contributed by atoms with Crippen LogP contribution in [0.15, 0.2) is 0 Å². The predicted octanol–water partition coefficient (Wildman–Crippen LogP) is 0.483. The number of carboxylic acids is 1. The number of nitrogens with two attached hydrogens (primary N) is 1. The van der Waals surface area contributed by atoms with E-state index in [0.717, 1.165) is 19.3 Å². The summed E-state index contributed by atoms with van der Waals surface area (Å²) in [4.78, 5) is 22.6. The van der Waals surface area contributed by atoms with Crippen LogP contribution in [0, 0.1) is 5.92 Å². The summed E-state index contributed by atoms with van der Waals surface area (Å²) >= 11 is 0. The molecule has 5 nitrogen and oxygen atoms in total. The lowest BCUT2D eigenvalue weighted by atomic mass is 9.84. The number of nitrogens with one attached hydrogen (secondary N) is 1. The molecule has 1 amide bonds. The summed E-state index contributed by atoms with van der Waals surface area (Å²) < 4.78 is 0. The second-order valence-electron chi connectivity index (χ2n) is 4.36. The van der Waals surface area contributed by atoms with Gasteiger partial charge in [-0.15, -0.1) is 0 Å². The van der Waals surface area contributed by atoms with E-state index in [-0.39, 0.29) is 11.9 Å². The molecule has 0 bridgehead atoms. The third-order valence-electron chi connectivity index (χ3n) is 3.19. The number of carboxylic acid groups (broad SMARTS) is 1. The second kappa shape index (κ2) is 5.84. The Bertz CT molecular complexity index is 268. The molecule has 0 aromatic carbocycles. The molecule has 0 saturated heterocycles. The van der Waals surface area contributed by atoms with Gasteiger partial charge in [0.1, 0.15) is 0 Å². The fourth-order valence-electron chi connectivity index (χ4n) is 2.07. The van der Waals surface area contributed by atoms with Crippen molar-refractivity contribution in [3.63, 3.8) is 0 Å². The van der Waals surface area contributed by atoms with Crippen LogP contribution in [0.2, 0.25) is 0 Å². The smallest absolute Gasteiger partial charge is 0.308 e. The molecule has 1 aliphatic rings. The Morgan fingerprint density at radius 3 is 2.62 bits per heavy atom. The zero-order valence-electron chi connectivity index (χ0n) is 9.61. The van der Waals surface area contributed by atoms with Crippen LogP contribution in [0.5, 0.6) is 0 Å². The van der Waals surface area contributed by atoms with Gasteiger partial charge in [0.05, 0.1) is 12.0 Å². The van der Waals surface area contributed by atoms with Gasteiger partial charge >= 0.3 is 5.97 Å². The van der Waals surface area contributed by atoms with Gasteiger partial charge < -0.3 is 16.2 Å². The zero-order valence-corrected chi connectivity index (χ0v) is 9.61. The number of carbonyl (C=O) groups is 2. The van der Waals surface area contributed by atoms with Gasteiger partial charge in [-0.2, -0.15) is 0 Å². The molecule has 1 rings (SSSR count). The van der Waals surface area contributed by atoms with Crippen molar-refractivity contribution in [3.05, 3.63) is 0 Å². The van der Waals surface area contributed by atoms with Crippen molar-refractivity contribution in [2.75, 3.05) is 0 Å². The number of rotatable bonds is 4. The van der Waals surface area contributed by atoms with Crippen LogP contribution in [-0.2, 0) is 9.59 Å². The van der Waals surface area contributed by atoms with Crippen molar-refractivity contribution in [1.82, 2.24) is 5.32 Å². The Kier molecular flexibility index (Phi) is 4.73. The van der Waals surface area contributed by atoms with Gasteiger partial charge in [-0.1, -0.05) is 19.8 Å². The quantitative estimate of drug-likeness (QED) is 0.652. The van der Waals surface area contributed by atoms with E-state index < -0.39 is 17.9 Å². The van der Waals surface area contributed by atoms with E-state index in [1.54, 1.807) is 0 Å². The normalized spacial score (nSPS) is 27.1. The van der Waals surface area contributed by atoms with E-state index in [1.807, 2.05) is 6.92 Å². The number of aliphatic carboxylic acids is 1. The van der Waals surface area contributed by atoms with E-state index in [9.17, 15) is 9.59 Å². The second-order valence-corrected chi connectivity index (χ2v) is 4.36. The van der Waals surface area contributed by atoms with Crippen LogP contribution in [0.4, 0.5) is 0 Å². The molecule has 92 valence electrons. The highest BCUT2D eigenvalue weighted by Gasteiger charge is 2.32. The maximum absolute atomic E-state index is 11.6. The molecule has 16 heavy (non-hydrogen) atoms. The third-order valence-corrected chi connectivity index (χ3v) is 3.19. The largest absolute Gasteiger partial charge is 0.481 e. The number of hydrogen-bond acceptors (Lipinski definition) is 3. The fourth-order valence-corrected chi connectivity index (χ4v) is 2.07. The van der Waals surface area contributed by atoms with Gasteiger partial charge in [0.15, 0.2) is 0 Å². The van der Waals surface area contributed by atoms with Crippen LogP contribution in [0.25, 0.3) is 0 Å². The lowest BCUT2D eigenvalue weighted by Crippen LogP contribution is -2.50. The summed E-state index contributed by atoms with van der Waals surface area (Å²) in [5, 5.41) is 11.8. The van der Waals surface area contributed by atoms with Gasteiger partial charge in [0.25, 0.3) is 0 Å². The molecule has 1 saturated carbocycles. The standard InChI is InChI=1S/C11H20N2O3/c1-2-8(12)10(14)13-9-6-4-3-5-7(9)11(15)16/h7-9H,2-6,12H2,1H3,(H,13,14)(H,15,16)/t7?,8-,9?/m1/s1. The Morgan fingerprint density at radius 2 is 2.06 bits per heavy atom. The first kappa shape index (κ1) is 13.0. The van der Waals surface area contributed by atoms with Crippen molar-refractivity contribution in [3.8, 4) is 0 Å². The SMILES string of the molecule is CC[C@@H](N)C(=O)NC1CCCCC1C(=O)O. The first-order valence-electron chi connectivity index (χ1n) is 5.85. The lowest BCUT2D eigenvalue weighted by molar-refractivity contribution is -0.144. The van der Waals surface area contributed by atoms with Crippen molar-refractivity contribution >= 4 is 11.9 Å². The van der Waals surface area contributed by atoms with Crippen LogP contribution in [0.1, 0.15) is 39.0 Å². The zero-order chi connectivity index (χ0) is 12.1. The van der Waals surface area contributed by atoms with Crippen molar-refractivity contribution in [1.29, 1.82) is 0 Å². The Labute approximate surface area is 95.4 Å². The highest BCUT2D eigenvalue weighted by atomic mass is 16.4. The summed E-state index contributed by atoms with van der Waals surface area (Å²) in [6.07, 6.45) is 3.83. The summed E-state index contributed by atoms with van der Waals surface area (Å²) in [7, 11) is 0. The molecule has 3 atom stereocenters. The van der Waals surface area contributed by atoms with Gasteiger partial charge in [-0.25, -0.2) is 0 Å². The average Bonchev–Trinajstić information content (AvgIpc) is 2.28. The molecular weight excluding hydrogens is 208 g/mol. The molecule has 0 heterocycles. The number of amides is 1. The minimum absolute atomic E-state index is 0.236. The summed E-state index contributed by atoms with van der Waals surface area (Å²) in [5.41, 5.74) is 5.60. The van der Waals surface area contributed by atoms with Gasteiger partial charge in [-0.05, 0) is 19.3 Å². The third kappa shape index (κ3) is 3.20. The van der Waals surface area contributed by atoms with E-state index in [4.69, 9.17) is 10.8 Å². The highest BCUT2D eigenvalue weighted by molar-refractivity contribution is 5.82. The first-order valence-corrected chi connectivity index (χ1v) is 5.85. The molecule has 0 radical (unpaired) electrons. The Morgan fingerprint density at radius 1 is 1.44 bits per heavy atom. The molecular formula is C11H20N2O3. The van der Waals surface area contributed by atoms with Gasteiger partial charge in [0.2, 0.25) is 5.91 Å². The molecule has 0 aliphatic heterocycles. The Hall–Kier alpha value is -1.10. The summed E-state index contributed by atoms with van der Waals surface area (Å²) in [6, 6.07) is -0.785. The van der Waals surface area contributed by atoms with E-state index in [2.05, 4.69) is 5.32 Å². The molecule has 2 unspecified atom stereocenters. The molecule has 4 N–H and O–H groups in total. The van der Waals surface area contributed by atoms with Gasteiger partial charge in [0, 0.05) is 6.04 Å². The Balaban J connectivity index is 2.56. The number of carbonyl (C=O) groups excluding carboxylic acids is 1. The maximum atomic E-state index is 11.6. The summed E-state index contributed by atoms with van der Waals surface area (Å²) in [5.74, 6) is -1.52. The molecule has 0 aromatic heterocycles. The highest BCUT2D eigenvalue weighted by Crippen LogP contribution is 2.24. The van der Waals surface area contributed by atoms with E-state index >= 15 is 0 Å². The molecule has 1 aliphatic carbocycles. The van der Waals surface area contributed by atoms with Crippen LogP contribution >= 0.6 is 0 Å². The van der Waals surface area contributed by atoms with Crippen LogP contribution in [0.3, 0.4) is 0 Å². The van der Waals surface area contributed by atoms with Crippen molar-refractivity contribution in [2.24, 2.45) is 11.7 Å². The monoisotopic (exact) mass is 228 g/mol. The molecule has 1 fully saturated rings. The predicted molar refractivity (Wildman–Crippen MR) is 59.8 cm³/mol. The fraction of sp³-hybridized carbons (Fsp3) is 0.818. The van der Waals surface area contributed by atoms with Crippen molar-refractivity contribution in [2.45, 2.75) is 51.1 Å². The minimum Gasteiger partial charge on any atom is -0.481 e. The topological polar surface area (TPSA) is 92.4 Å². The summed E-state index contributed by atoms with van der Waals surface area (Å²) in [6.45, 7) is 1.83. The van der Waals surface area contributed by atoms with Crippen molar-refractivity contribution < 1.29 is 14.7 Å². The van der Waals surface area contributed by atoms with E-state index in [0.29, 0.717) is 12.8 Å². The molecule has 5 heteroatoms. The number of hydrogen-bond donors (Lipinski definition) is 3. The molecule has 0 spiro atoms. The average molecular weight is 228 g/mol.